The van der Waals surface area contributed by atoms with Crippen molar-refractivity contribution in [3.05, 3.63) is 40.7 Å². The molecule has 204 valence electrons. The molecular weight excluding hydrogens is 504 g/mol. The number of hydrogen-bond donors (Lipinski definition) is 2. The molecule has 1 aromatic carbocycles. The molecule has 2 amide bonds. The van der Waals surface area contributed by atoms with Crippen molar-refractivity contribution in [1.29, 1.82) is 0 Å². The molecule has 10 heteroatoms. The predicted molar refractivity (Wildman–Crippen MR) is 147 cm³/mol. The van der Waals surface area contributed by atoms with Crippen molar-refractivity contribution in [1.82, 2.24) is 20.2 Å². The van der Waals surface area contributed by atoms with E-state index in [1.54, 1.807) is 6.92 Å². The fourth-order valence-electron chi connectivity index (χ4n) is 5.51. The standard InChI is InChI=1S/C28H37ClN6O3/c1-17(2)27(37)35-14-10-22(11-15-35)38-28-31-24-16-23(29)25(32-26(24)33-28)19-4-6-21(7-5-19)34-12-8-20(9-13-34)30-18(3)36/h4-7,16-17,20,22-23,25H,8-15H2,1-3H3,(H,30,36)(H,31,32,33). The van der Waals surface area contributed by atoms with Crippen LogP contribution in [0.2, 0.25) is 0 Å². The number of carbonyl (C=O) groups excluding carboxylic acids is 2. The van der Waals surface area contributed by atoms with Crippen LogP contribution in [0.15, 0.2) is 29.3 Å². The van der Waals surface area contributed by atoms with Crippen LogP contribution in [0.5, 0.6) is 6.01 Å². The summed E-state index contributed by atoms with van der Waals surface area (Å²) in [5, 5.41) is 3.50. The van der Waals surface area contributed by atoms with E-state index in [4.69, 9.17) is 21.3 Å². The monoisotopic (exact) mass is 540 g/mol. The van der Waals surface area contributed by atoms with Crippen molar-refractivity contribution >= 4 is 35.2 Å². The topological polar surface area (TPSA) is 103 Å². The first-order chi connectivity index (χ1) is 18.3. The summed E-state index contributed by atoms with van der Waals surface area (Å²) in [7, 11) is 0. The molecule has 2 unspecified atom stereocenters. The van der Waals surface area contributed by atoms with Gasteiger partial charge in [0.05, 0.1) is 16.8 Å². The molecule has 2 fully saturated rings. The summed E-state index contributed by atoms with van der Waals surface area (Å²) in [4.78, 5) is 40.5. The summed E-state index contributed by atoms with van der Waals surface area (Å²) in [6, 6.07) is 8.91. The van der Waals surface area contributed by atoms with Gasteiger partial charge in [0.25, 0.3) is 6.01 Å². The van der Waals surface area contributed by atoms with Crippen LogP contribution in [-0.4, -0.2) is 70.4 Å². The van der Waals surface area contributed by atoms with E-state index in [1.165, 1.54) is 5.69 Å². The lowest BCUT2D eigenvalue weighted by molar-refractivity contribution is -0.136. The number of carbonyl (C=O) groups is 2. The SMILES string of the molecule is CC(=O)NC1CCN(c2ccc(C3N=c4nc(OC5CCN(C(=O)C(C)C)CC5)[nH]c4=CC3Cl)cc2)CC1. The van der Waals surface area contributed by atoms with Crippen molar-refractivity contribution in [3.8, 4) is 6.01 Å². The van der Waals surface area contributed by atoms with Gasteiger partial charge in [0, 0.05) is 63.6 Å². The van der Waals surface area contributed by atoms with E-state index in [1.807, 2.05) is 24.8 Å². The number of piperidine rings is 2. The highest BCUT2D eigenvalue weighted by Gasteiger charge is 2.27. The van der Waals surface area contributed by atoms with E-state index in [9.17, 15) is 9.59 Å². The molecule has 4 heterocycles. The first kappa shape index (κ1) is 26.5. The fourth-order valence-corrected chi connectivity index (χ4v) is 5.83. The Kier molecular flexibility index (Phi) is 7.93. The molecule has 0 bridgehead atoms. The molecule has 0 saturated carbocycles. The number of halogens is 1. The number of ether oxygens (including phenoxy) is 1. The molecule has 0 spiro atoms. The average molecular weight is 541 g/mol. The highest BCUT2D eigenvalue weighted by molar-refractivity contribution is 6.24. The normalized spacial score (nSPS) is 22.4. The summed E-state index contributed by atoms with van der Waals surface area (Å²) >= 11 is 6.74. The number of nitrogens with zero attached hydrogens (tertiary/aromatic N) is 4. The highest BCUT2D eigenvalue weighted by Crippen LogP contribution is 2.29. The first-order valence-electron chi connectivity index (χ1n) is 13.6. The smallest absolute Gasteiger partial charge is 0.296 e. The maximum Gasteiger partial charge on any atom is 0.296 e. The minimum absolute atomic E-state index is 0.0114. The van der Waals surface area contributed by atoms with Gasteiger partial charge in [-0.3, -0.25) is 14.6 Å². The van der Waals surface area contributed by atoms with Crippen molar-refractivity contribution < 1.29 is 14.3 Å². The third kappa shape index (κ3) is 5.98. The lowest BCUT2D eigenvalue weighted by atomic mass is 10.0. The molecule has 3 aliphatic heterocycles. The van der Waals surface area contributed by atoms with Gasteiger partial charge in [0.1, 0.15) is 6.10 Å². The third-order valence-electron chi connectivity index (χ3n) is 7.61. The van der Waals surface area contributed by atoms with E-state index in [-0.39, 0.29) is 41.3 Å². The van der Waals surface area contributed by atoms with E-state index in [2.05, 4.69) is 44.5 Å². The first-order valence-corrected chi connectivity index (χ1v) is 14.1. The van der Waals surface area contributed by atoms with Crippen LogP contribution in [-0.2, 0) is 9.59 Å². The van der Waals surface area contributed by atoms with Crippen LogP contribution in [0.3, 0.4) is 0 Å². The summed E-state index contributed by atoms with van der Waals surface area (Å²) in [5.41, 5.74) is 2.81. The van der Waals surface area contributed by atoms with Crippen LogP contribution < -0.4 is 25.8 Å². The Bertz CT molecular complexity index is 1260. The molecule has 5 rings (SSSR count). The van der Waals surface area contributed by atoms with E-state index >= 15 is 0 Å². The van der Waals surface area contributed by atoms with E-state index in [0.717, 1.165) is 49.7 Å². The van der Waals surface area contributed by atoms with Crippen LogP contribution in [0.4, 0.5) is 5.69 Å². The van der Waals surface area contributed by atoms with Crippen molar-refractivity contribution in [2.45, 2.75) is 70.0 Å². The van der Waals surface area contributed by atoms with Crippen molar-refractivity contribution in [2.75, 3.05) is 31.1 Å². The highest BCUT2D eigenvalue weighted by atomic mass is 35.5. The molecule has 1 aromatic heterocycles. The summed E-state index contributed by atoms with van der Waals surface area (Å²) in [6.45, 7) is 8.67. The van der Waals surface area contributed by atoms with Crippen LogP contribution >= 0.6 is 11.6 Å². The van der Waals surface area contributed by atoms with Gasteiger partial charge in [0.15, 0.2) is 5.49 Å². The molecule has 2 atom stereocenters. The Balaban J connectivity index is 1.21. The predicted octanol–water partition coefficient (Wildman–Crippen LogP) is 2.30. The van der Waals surface area contributed by atoms with Gasteiger partial charge in [-0.05, 0) is 36.6 Å². The second-order valence-corrected chi connectivity index (χ2v) is 11.3. The quantitative estimate of drug-likeness (QED) is 0.547. The fraction of sp³-hybridized carbons (Fsp3) is 0.571. The molecular formula is C28H37ClN6O3. The van der Waals surface area contributed by atoms with Gasteiger partial charge in [-0.1, -0.05) is 26.0 Å². The van der Waals surface area contributed by atoms with Crippen LogP contribution in [0.25, 0.3) is 6.08 Å². The minimum atomic E-state index is -0.305. The number of rotatable bonds is 6. The van der Waals surface area contributed by atoms with E-state index in [0.29, 0.717) is 24.6 Å². The van der Waals surface area contributed by atoms with Crippen molar-refractivity contribution in [3.63, 3.8) is 0 Å². The second kappa shape index (κ2) is 11.4. The second-order valence-electron chi connectivity index (χ2n) is 10.8. The van der Waals surface area contributed by atoms with Gasteiger partial charge in [0.2, 0.25) is 11.8 Å². The lowest BCUT2D eigenvalue weighted by Gasteiger charge is -2.34. The molecule has 3 aliphatic rings. The van der Waals surface area contributed by atoms with Gasteiger partial charge >= 0.3 is 0 Å². The summed E-state index contributed by atoms with van der Waals surface area (Å²) < 4.78 is 6.13. The number of alkyl halides is 1. The van der Waals surface area contributed by atoms with Crippen LogP contribution in [0.1, 0.15) is 58.1 Å². The Hall–Kier alpha value is -3.07. The van der Waals surface area contributed by atoms with Crippen LogP contribution in [0, 0.1) is 5.92 Å². The molecule has 9 nitrogen and oxygen atoms in total. The number of aromatic amines is 1. The lowest BCUT2D eigenvalue weighted by Crippen LogP contribution is -2.44. The Labute approximate surface area is 228 Å². The number of likely N-dealkylation sites (tertiary alicyclic amines) is 1. The Morgan fingerprint density at radius 1 is 1.08 bits per heavy atom. The number of H-pyrrole nitrogens is 1. The number of aromatic nitrogens is 2. The zero-order valence-corrected chi connectivity index (χ0v) is 23.1. The number of anilines is 1. The molecule has 38 heavy (non-hydrogen) atoms. The number of fused-ring (bicyclic) bond motifs is 1. The van der Waals surface area contributed by atoms with Gasteiger partial charge in [-0.15, -0.1) is 11.6 Å². The van der Waals surface area contributed by atoms with Gasteiger partial charge < -0.3 is 24.8 Å². The molecule has 2 saturated heterocycles. The molecule has 2 N–H and O–H groups in total. The number of amides is 2. The Morgan fingerprint density at radius 2 is 1.76 bits per heavy atom. The average Bonchev–Trinajstić information content (AvgIpc) is 3.29. The third-order valence-corrected chi connectivity index (χ3v) is 7.97. The Morgan fingerprint density at radius 3 is 2.39 bits per heavy atom. The number of imidazole rings is 1. The maximum absolute atomic E-state index is 12.2. The molecule has 0 radical (unpaired) electrons. The largest absolute Gasteiger partial charge is 0.461 e. The summed E-state index contributed by atoms with van der Waals surface area (Å²) in [6.07, 6.45) is 5.42. The summed E-state index contributed by atoms with van der Waals surface area (Å²) in [5.74, 6) is 0.252. The van der Waals surface area contributed by atoms with Crippen molar-refractivity contribution in [2.24, 2.45) is 10.9 Å². The maximum atomic E-state index is 12.2. The molecule has 0 aliphatic carbocycles. The van der Waals surface area contributed by atoms with E-state index < -0.39 is 0 Å². The van der Waals surface area contributed by atoms with Gasteiger partial charge in [-0.25, -0.2) is 0 Å². The number of nitrogens with one attached hydrogen (secondary N) is 2. The van der Waals surface area contributed by atoms with Gasteiger partial charge in [-0.2, -0.15) is 4.98 Å². The zero-order chi connectivity index (χ0) is 26.8. The number of hydrogen-bond acceptors (Lipinski definition) is 6. The number of benzene rings is 1. The minimum Gasteiger partial charge on any atom is -0.461 e. The zero-order valence-electron chi connectivity index (χ0n) is 22.3. The molecule has 2 aromatic rings.